The van der Waals surface area contributed by atoms with Crippen molar-refractivity contribution in [2.24, 2.45) is 0 Å². The number of aliphatic carboxylic acids is 1. The average molecular weight is 277 g/mol. The molecular formula is C12H15N5O3. The van der Waals surface area contributed by atoms with Crippen LogP contribution in [0.5, 0.6) is 0 Å². The second-order valence-electron chi connectivity index (χ2n) is 4.34. The lowest BCUT2D eigenvalue weighted by Crippen LogP contribution is -2.45. The van der Waals surface area contributed by atoms with Gasteiger partial charge in [-0.15, -0.1) is 0 Å². The number of carbonyl (C=O) groups is 2. The molecule has 0 spiro atoms. The molecule has 2 rings (SSSR count). The maximum absolute atomic E-state index is 12.0. The number of nitrogens with one attached hydrogen (secondary N) is 2. The van der Waals surface area contributed by atoms with Crippen molar-refractivity contribution in [2.75, 3.05) is 0 Å². The second kappa shape index (κ2) is 6.00. The van der Waals surface area contributed by atoms with Gasteiger partial charge in [0.25, 0.3) is 0 Å². The number of rotatable bonds is 6. The Morgan fingerprint density at radius 1 is 1.55 bits per heavy atom. The van der Waals surface area contributed by atoms with Gasteiger partial charge < -0.3 is 15.4 Å². The minimum atomic E-state index is -1.10. The Bertz CT molecular complexity index is 564. The Hall–Kier alpha value is -2.64. The number of aromatic amines is 1. The Morgan fingerprint density at radius 3 is 2.90 bits per heavy atom. The summed E-state index contributed by atoms with van der Waals surface area (Å²) < 4.78 is 1.46. The Labute approximate surface area is 114 Å². The van der Waals surface area contributed by atoms with E-state index >= 15 is 0 Å². The number of hydrogen-bond acceptors (Lipinski definition) is 4. The number of carboxylic acids is 1. The zero-order valence-corrected chi connectivity index (χ0v) is 10.9. The number of carboxylic acid groups (broad SMARTS) is 1. The van der Waals surface area contributed by atoms with Gasteiger partial charge in [0.15, 0.2) is 0 Å². The molecule has 0 bridgehead atoms. The number of carbonyl (C=O) groups excluding carboxylic acids is 1. The SMILES string of the molecule is CC(C(=O)N[C@H](Cc1cnc[nH]1)C(=O)O)n1cccn1. The molecule has 2 aromatic rings. The van der Waals surface area contributed by atoms with Crippen LogP contribution in [-0.4, -0.2) is 42.8 Å². The van der Waals surface area contributed by atoms with E-state index in [-0.39, 0.29) is 6.42 Å². The molecule has 2 heterocycles. The average Bonchev–Trinajstić information content (AvgIpc) is 3.09. The van der Waals surface area contributed by atoms with Gasteiger partial charge in [0.1, 0.15) is 12.1 Å². The summed E-state index contributed by atoms with van der Waals surface area (Å²) >= 11 is 0. The predicted molar refractivity (Wildman–Crippen MR) is 68.8 cm³/mol. The van der Waals surface area contributed by atoms with Gasteiger partial charge >= 0.3 is 5.97 Å². The van der Waals surface area contributed by atoms with Crippen molar-refractivity contribution in [1.29, 1.82) is 0 Å². The summed E-state index contributed by atoms with van der Waals surface area (Å²) in [5.74, 6) is -1.50. The molecular weight excluding hydrogens is 262 g/mol. The number of H-pyrrole nitrogens is 1. The lowest BCUT2D eigenvalue weighted by molar-refractivity contribution is -0.142. The normalized spacial score (nSPS) is 13.7. The Morgan fingerprint density at radius 2 is 2.35 bits per heavy atom. The molecule has 8 nitrogen and oxygen atoms in total. The van der Waals surface area contributed by atoms with Crippen molar-refractivity contribution in [1.82, 2.24) is 25.1 Å². The first-order chi connectivity index (χ1) is 9.58. The first-order valence-corrected chi connectivity index (χ1v) is 6.07. The van der Waals surface area contributed by atoms with E-state index in [0.29, 0.717) is 5.69 Å². The van der Waals surface area contributed by atoms with Crippen LogP contribution >= 0.6 is 0 Å². The van der Waals surface area contributed by atoms with Gasteiger partial charge in [-0.05, 0) is 13.0 Å². The van der Waals surface area contributed by atoms with E-state index in [2.05, 4.69) is 20.4 Å². The van der Waals surface area contributed by atoms with E-state index in [4.69, 9.17) is 5.11 Å². The molecule has 8 heteroatoms. The van der Waals surface area contributed by atoms with Crippen LogP contribution in [0.1, 0.15) is 18.7 Å². The fraction of sp³-hybridized carbons (Fsp3) is 0.333. The molecule has 2 atom stereocenters. The third-order valence-corrected chi connectivity index (χ3v) is 2.89. The minimum absolute atomic E-state index is 0.146. The fourth-order valence-electron chi connectivity index (χ4n) is 1.74. The lowest BCUT2D eigenvalue weighted by Gasteiger charge is -2.17. The zero-order valence-electron chi connectivity index (χ0n) is 10.9. The van der Waals surface area contributed by atoms with Gasteiger partial charge in [-0.25, -0.2) is 9.78 Å². The van der Waals surface area contributed by atoms with Crippen LogP contribution in [0.25, 0.3) is 0 Å². The standard InChI is InChI=1S/C12H15N5O3/c1-8(17-4-2-3-15-17)11(18)16-10(12(19)20)5-9-6-13-7-14-9/h2-4,6-8,10H,5H2,1H3,(H,13,14)(H,16,18)(H,19,20)/t8?,10-/m1/s1. The van der Waals surface area contributed by atoms with Gasteiger partial charge in [-0.1, -0.05) is 0 Å². The van der Waals surface area contributed by atoms with Crippen LogP contribution in [0.3, 0.4) is 0 Å². The molecule has 0 saturated heterocycles. The van der Waals surface area contributed by atoms with Gasteiger partial charge in [0.2, 0.25) is 5.91 Å². The molecule has 20 heavy (non-hydrogen) atoms. The quantitative estimate of drug-likeness (QED) is 0.686. The summed E-state index contributed by atoms with van der Waals surface area (Å²) in [6.45, 7) is 1.65. The van der Waals surface area contributed by atoms with Crippen LogP contribution in [0.15, 0.2) is 31.0 Å². The Balaban J connectivity index is 2.01. The van der Waals surface area contributed by atoms with Gasteiger partial charge in [0, 0.05) is 30.7 Å². The summed E-state index contributed by atoms with van der Waals surface area (Å²) in [4.78, 5) is 29.8. The molecule has 1 unspecified atom stereocenters. The Kier molecular flexibility index (Phi) is 4.14. The number of imidazole rings is 1. The monoisotopic (exact) mass is 277 g/mol. The third-order valence-electron chi connectivity index (χ3n) is 2.89. The van der Waals surface area contributed by atoms with Crippen LogP contribution in [0.2, 0.25) is 0 Å². The smallest absolute Gasteiger partial charge is 0.326 e. The van der Waals surface area contributed by atoms with Crippen LogP contribution in [-0.2, 0) is 16.0 Å². The number of aromatic nitrogens is 4. The van der Waals surface area contributed by atoms with Crippen molar-refractivity contribution in [3.05, 3.63) is 36.7 Å². The maximum Gasteiger partial charge on any atom is 0.326 e. The summed E-state index contributed by atoms with van der Waals surface area (Å²) in [5.41, 5.74) is 0.643. The third kappa shape index (κ3) is 3.22. The van der Waals surface area contributed by atoms with Gasteiger partial charge in [-0.3, -0.25) is 9.48 Å². The van der Waals surface area contributed by atoms with Crippen molar-refractivity contribution in [3.8, 4) is 0 Å². The maximum atomic E-state index is 12.0. The van der Waals surface area contributed by atoms with E-state index in [0.717, 1.165) is 0 Å². The highest BCUT2D eigenvalue weighted by Gasteiger charge is 2.24. The largest absolute Gasteiger partial charge is 0.480 e. The highest BCUT2D eigenvalue weighted by Crippen LogP contribution is 2.05. The summed E-state index contributed by atoms with van der Waals surface area (Å²) in [6.07, 6.45) is 6.34. The van der Waals surface area contributed by atoms with E-state index in [9.17, 15) is 9.59 Å². The minimum Gasteiger partial charge on any atom is -0.480 e. The van der Waals surface area contributed by atoms with E-state index < -0.39 is 24.0 Å². The first-order valence-electron chi connectivity index (χ1n) is 6.07. The van der Waals surface area contributed by atoms with Crippen LogP contribution in [0, 0.1) is 0 Å². The molecule has 0 radical (unpaired) electrons. The summed E-state index contributed by atoms with van der Waals surface area (Å²) in [6, 6.07) is 0.109. The molecule has 0 aliphatic rings. The molecule has 1 amide bonds. The molecule has 0 aliphatic carbocycles. The van der Waals surface area contributed by atoms with E-state index in [1.807, 2.05) is 0 Å². The molecule has 106 valence electrons. The van der Waals surface area contributed by atoms with Crippen LogP contribution < -0.4 is 5.32 Å². The summed E-state index contributed by atoms with van der Waals surface area (Å²) in [5, 5.41) is 15.6. The molecule has 3 N–H and O–H groups in total. The number of nitrogens with zero attached hydrogens (tertiary/aromatic N) is 3. The molecule has 0 saturated carbocycles. The number of hydrogen-bond donors (Lipinski definition) is 3. The van der Waals surface area contributed by atoms with Gasteiger partial charge in [-0.2, -0.15) is 5.10 Å². The lowest BCUT2D eigenvalue weighted by atomic mass is 10.1. The highest BCUT2D eigenvalue weighted by atomic mass is 16.4. The fourth-order valence-corrected chi connectivity index (χ4v) is 1.74. The molecule has 0 fully saturated rings. The van der Waals surface area contributed by atoms with Crippen LogP contribution in [0.4, 0.5) is 0 Å². The second-order valence-corrected chi connectivity index (χ2v) is 4.34. The topological polar surface area (TPSA) is 113 Å². The molecule has 2 aromatic heterocycles. The van der Waals surface area contributed by atoms with E-state index in [1.165, 1.54) is 17.2 Å². The zero-order chi connectivity index (χ0) is 14.5. The summed E-state index contributed by atoms with van der Waals surface area (Å²) in [7, 11) is 0. The van der Waals surface area contributed by atoms with Crippen molar-refractivity contribution < 1.29 is 14.7 Å². The first kappa shape index (κ1) is 13.8. The van der Waals surface area contributed by atoms with Crippen molar-refractivity contribution >= 4 is 11.9 Å². The van der Waals surface area contributed by atoms with Gasteiger partial charge in [0.05, 0.1) is 6.33 Å². The van der Waals surface area contributed by atoms with Crippen molar-refractivity contribution in [2.45, 2.75) is 25.4 Å². The van der Waals surface area contributed by atoms with E-state index in [1.54, 1.807) is 25.4 Å². The molecule has 0 aliphatic heterocycles. The van der Waals surface area contributed by atoms with Crippen molar-refractivity contribution in [3.63, 3.8) is 0 Å². The molecule has 0 aromatic carbocycles. The number of amides is 1. The predicted octanol–water partition coefficient (Wildman–Crippen LogP) is -0.0207. The highest BCUT2D eigenvalue weighted by molar-refractivity contribution is 5.85.